The molecule has 0 bridgehead atoms. The van der Waals surface area contributed by atoms with Crippen molar-refractivity contribution in [2.24, 2.45) is 0 Å². The Morgan fingerprint density at radius 1 is 1.53 bits per heavy atom. The summed E-state index contributed by atoms with van der Waals surface area (Å²) in [6.07, 6.45) is 2.03. The first-order valence-corrected chi connectivity index (χ1v) is 6.39. The van der Waals surface area contributed by atoms with Gasteiger partial charge in [-0.05, 0) is 31.0 Å². The maximum Gasteiger partial charge on any atom is 0.256 e. The van der Waals surface area contributed by atoms with Gasteiger partial charge in [-0.3, -0.25) is 4.79 Å². The van der Waals surface area contributed by atoms with E-state index in [1.807, 2.05) is 0 Å². The quantitative estimate of drug-likeness (QED) is 0.830. The third-order valence-corrected chi connectivity index (χ3v) is 3.33. The third-order valence-electron chi connectivity index (χ3n) is 2.83. The molecule has 0 unspecified atom stereocenters. The first-order valence-electron chi connectivity index (χ1n) is 5.60. The van der Waals surface area contributed by atoms with Crippen molar-refractivity contribution in [2.45, 2.75) is 18.9 Å². The van der Waals surface area contributed by atoms with Crippen LogP contribution in [0.3, 0.4) is 0 Å². The molecule has 1 fully saturated rings. The summed E-state index contributed by atoms with van der Waals surface area (Å²) >= 11 is 3.31. The fourth-order valence-corrected chi connectivity index (χ4v) is 2.21. The number of carbonyl (C=O) groups excluding carboxylic acids is 1. The number of amides is 1. The van der Waals surface area contributed by atoms with Crippen molar-refractivity contribution in [1.29, 1.82) is 0 Å². The summed E-state index contributed by atoms with van der Waals surface area (Å²) in [5.74, 6) is -0.0912. The van der Waals surface area contributed by atoms with Gasteiger partial charge in [-0.25, -0.2) is 0 Å². The summed E-state index contributed by atoms with van der Waals surface area (Å²) < 4.78 is 0.853. The first kappa shape index (κ1) is 12.4. The van der Waals surface area contributed by atoms with Crippen LogP contribution in [0.4, 0.5) is 5.69 Å². The molecule has 0 heterocycles. The normalized spacial score (nSPS) is 14.7. The highest BCUT2D eigenvalue weighted by atomic mass is 79.9. The van der Waals surface area contributed by atoms with Crippen LogP contribution in [-0.2, 0) is 0 Å². The Hall–Kier alpha value is -1.07. The van der Waals surface area contributed by atoms with Crippen molar-refractivity contribution in [3.05, 3.63) is 28.2 Å². The molecule has 0 spiro atoms. The fourth-order valence-electron chi connectivity index (χ4n) is 1.83. The topological polar surface area (TPSA) is 66.6 Å². The van der Waals surface area contributed by atoms with Crippen molar-refractivity contribution in [3.63, 3.8) is 0 Å². The van der Waals surface area contributed by atoms with E-state index in [0.717, 1.165) is 17.3 Å². The number of aliphatic hydroxyl groups is 1. The molecular weight excluding hydrogens is 284 g/mol. The molecule has 0 aliphatic heterocycles. The summed E-state index contributed by atoms with van der Waals surface area (Å²) in [6.45, 7) is 0.359. The molecule has 1 aromatic rings. The fraction of sp³-hybridized carbons (Fsp3) is 0.417. The van der Waals surface area contributed by atoms with Crippen LogP contribution in [0, 0.1) is 0 Å². The predicted molar refractivity (Wildman–Crippen MR) is 69.7 cm³/mol. The molecule has 1 aliphatic carbocycles. The van der Waals surface area contributed by atoms with Crippen molar-refractivity contribution < 1.29 is 9.90 Å². The maximum absolute atomic E-state index is 12.3. The SMILES string of the molecule is Nc1cc(Br)ccc1C(=O)N(CCO)C1CC1. The van der Waals surface area contributed by atoms with Gasteiger partial charge in [0.1, 0.15) is 0 Å². The number of hydrogen-bond acceptors (Lipinski definition) is 3. The van der Waals surface area contributed by atoms with E-state index in [1.54, 1.807) is 23.1 Å². The van der Waals surface area contributed by atoms with Gasteiger partial charge in [0.25, 0.3) is 5.91 Å². The smallest absolute Gasteiger partial charge is 0.256 e. The zero-order chi connectivity index (χ0) is 12.4. The van der Waals surface area contributed by atoms with Crippen molar-refractivity contribution in [3.8, 4) is 0 Å². The number of nitrogens with zero attached hydrogens (tertiary/aromatic N) is 1. The van der Waals surface area contributed by atoms with Crippen LogP contribution < -0.4 is 5.73 Å². The van der Waals surface area contributed by atoms with Gasteiger partial charge >= 0.3 is 0 Å². The van der Waals surface area contributed by atoms with Gasteiger partial charge in [-0.2, -0.15) is 0 Å². The average Bonchev–Trinajstić information content (AvgIpc) is 3.09. The Labute approximate surface area is 109 Å². The maximum atomic E-state index is 12.3. The number of nitrogen functional groups attached to an aromatic ring is 1. The van der Waals surface area contributed by atoms with E-state index in [9.17, 15) is 4.79 Å². The number of hydrogen-bond donors (Lipinski definition) is 2. The molecule has 92 valence electrons. The zero-order valence-corrected chi connectivity index (χ0v) is 11.0. The highest BCUT2D eigenvalue weighted by Gasteiger charge is 2.33. The monoisotopic (exact) mass is 298 g/mol. The van der Waals surface area contributed by atoms with Crippen LogP contribution in [0.15, 0.2) is 22.7 Å². The largest absolute Gasteiger partial charge is 0.398 e. The van der Waals surface area contributed by atoms with E-state index in [0.29, 0.717) is 17.8 Å². The van der Waals surface area contributed by atoms with E-state index < -0.39 is 0 Å². The molecule has 1 saturated carbocycles. The van der Waals surface area contributed by atoms with Crippen LogP contribution in [0.25, 0.3) is 0 Å². The Morgan fingerprint density at radius 2 is 2.24 bits per heavy atom. The molecule has 0 radical (unpaired) electrons. The summed E-state index contributed by atoms with van der Waals surface area (Å²) in [6, 6.07) is 5.51. The number of rotatable bonds is 4. The lowest BCUT2D eigenvalue weighted by Crippen LogP contribution is -2.35. The Kier molecular flexibility index (Phi) is 3.69. The molecule has 2 rings (SSSR count). The van der Waals surface area contributed by atoms with Gasteiger partial charge in [0, 0.05) is 22.7 Å². The molecule has 3 N–H and O–H groups in total. The summed E-state index contributed by atoms with van der Waals surface area (Å²) in [5, 5.41) is 8.99. The molecule has 1 aliphatic rings. The molecule has 0 aromatic heterocycles. The van der Waals surface area contributed by atoms with E-state index in [2.05, 4.69) is 15.9 Å². The number of carbonyl (C=O) groups is 1. The lowest BCUT2D eigenvalue weighted by Gasteiger charge is -2.22. The third kappa shape index (κ3) is 2.79. The van der Waals surface area contributed by atoms with Crippen molar-refractivity contribution in [1.82, 2.24) is 4.90 Å². The Balaban J connectivity index is 2.22. The number of benzene rings is 1. The number of aliphatic hydroxyl groups excluding tert-OH is 1. The van der Waals surface area contributed by atoms with E-state index in [1.165, 1.54) is 0 Å². The van der Waals surface area contributed by atoms with Crippen molar-refractivity contribution in [2.75, 3.05) is 18.9 Å². The van der Waals surface area contributed by atoms with Gasteiger partial charge in [-0.1, -0.05) is 15.9 Å². The zero-order valence-electron chi connectivity index (χ0n) is 9.40. The minimum Gasteiger partial charge on any atom is -0.398 e. The second kappa shape index (κ2) is 5.06. The molecule has 0 saturated heterocycles. The Bertz CT molecular complexity index is 433. The molecule has 0 atom stereocenters. The van der Waals surface area contributed by atoms with Crippen molar-refractivity contribution >= 4 is 27.5 Å². The lowest BCUT2D eigenvalue weighted by molar-refractivity contribution is 0.0708. The highest BCUT2D eigenvalue weighted by Crippen LogP contribution is 2.29. The second-order valence-corrected chi connectivity index (χ2v) is 5.10. The van der Waals surface area contributed by atoms with E-state index in [-0.39, 0.29) is 18.6 Å². The molecule has 17 heavy (non-hydrogen) atoms. The number of anilines is 1. The van der Waals surface area contributed by atoms with Gasteiger partial charge in [0.15, 0.2) is 0 Å². The number of halogens is 1. The van der Waals surface area contributed by atoms with E-state index in [4.69, 9.17) is 10.8 Å². The first-order chi connectivity index (χ1) is 8.13. The molecule has 4 nitrogen and oxygen atoms in total. The molecular formula is C12H15BrN2O2. The van der Waals surface area contributed by atoms with Gasteiger partial charge in [0.05, 0.1) is 12.2 Å². The minimum absolute atomic E-state index is 0.0152. The average molecular weight is 299 g/mol. The summed E-state index contributed by atoms with van der Waals surface area (Å²) in [5.41, 5.74) is 6.81. The minimum atomic E-state index is -0.0912. The standard InChI is InChI=1S/C12H15BrN2O2/c13-8-1-4-10(11(14)7-8)12(17)15(5-6-16)9-2-3-9/h1,4,7,9,16H,2-3,5-6,14H2. The van der Waals surface area contributed by atoms with Crippen LogP contribution in [-0.4, -0.2) is 35.1 Å². The van der Waals surface area contributed by atoms with Gasteiger partial charge in [-0.15, -0.1) is 0 Å². The molecule has 1 amide bonds. The molecule has 5 heteroatoms. The van der Waals surface area contributed by atoms with Gasteiger partial charge < -0.3 is 15.7 Å². The van der Waals surface area contributed by atoms with Crippen LogP contribution in [0.5, 0.6) is 0 Å². The van der Waals surface area contributed by atoms with Crippen LogP contribution >= 0.6 is 15.9 Å². The van der Waals surface area contributed by atoms with Crippen LogP contribution in [0.2, 0.25) is 0 Å². The van der Waals surface area contributed by atoms with Gasteiger partial charge in [0.2, 0.25) is 0 Å². The highest BCUT2D eigenvalue weighted by molar-refractivity contribution is 9.10. The summed E-state index contributed by atoms with van der Waals surface area (Å²) in [4.78, 5) is 14.0. The van der Waals surface area contributed by atoms with Crippen LogP contribution in [0.1, 0.15) is 23.2 Å². The summed E-state index contributed by atoms with van der Waals surface area (Å²) in [7, 11) is 0. The number of nitrogens with two attached hydrogens (primary N) is 1. The predicted octanol–water partition coefficient (Wildman–Crippen LogP) is 1.63. The second-order valence-electron chi connectivity index (χ2n) is 4.18. The Morgan fingerprint density at radius 3 is 2.76 bits per heavy atom. The van der Waals surface area contributed by atoms with E-state index >= 15 is 0 Å². The lowest BCUT2D eigenvalue weighted by atomic mass is 10.1. The molecule has 1 aromatic carbocycles.